The van der Waals surface area contributed by atoms with E-state index in [1.54, 1.807) is 18.0 Å². The Hall–Kier alpha value is -1.33. The molecule has 0 aliphatic carbocycles. The zero-order valence-corrected chi connectivity index (χ0v) is 15.1. The minimum Gasteiger partial charge on any atom is -0.355 e. The predicted molar refractivity (Wildman–Crippen MR) is 95.3 cm³/mol. The van der Waals surface area contributed by atoms with Crippen LogP contribution in [0.4, 0.5) is 0 Å². The Morgan fingerprint density at radius 3 is 2.82 bits per heavy atom. The third-order valence-corrected chi connectivity index (χ3v) is 5.26. The highest BCUT2D eigenvalue weighted by molar-refractivity contribution is 9.10. The molecule has 1 N–H and O–H groups in total. The predicted octanol–water partition coefficient (Wildman–Crippen LogP) is 3.91. The van der Waals surface area contributed by atoms with Crippen LogP contribution in [0.5, 0.6) is 0 Å². The van der Waals surface area contributed by atoms with Crippen LogP contribution >= 0.6 is 27.7 Å². The van der Waals surface area contributed by atoms with Crippen molar-refractivity contribution in [3.8, 4) is 0 Å². The number of benzene rings is 1. The lowest BCUT2D eigenvalue weighted by atomic mass is 10.2. The molecule has 0 unspecified atom stereocenters. The number of carbonyl (C=O) groups excluding carboxylic acids is 1. The van der Waals surface area contributed by atoms with E-state index in [4.69, 9.17) is 0 Å². The summed E-state index contributed by atoms with van der Waals surface area (Å²) in [6.07, 6.45) is 2.53. The fraction of sp³-hybridized carbons (Fsp3) is 0.294. The largest absolute Gasteiger partial charge is 0.355 e. The van der Waals surface area contributed by atoms with Gasteiger partial charge >= 0.3 is 0 Å². The molecule has 1 aromatic heterocycles. The average molecular weight is 379 g/mol. The van der Waals surface area contributed by atoms with Crippen molar-refractivity contribution < 1.29 is 4.79 Å². The van der Waals surface area contributed by atoms with Crippen LogP contribution in [0.25, 0.3) is 0 Å². The lowest BCUT2D eigenvalue weighted by molar-refractivity contribution is -0.118. The number of nitrogens with zero attached hydrogens (tertiary/aromatic N) is 1. The molecule has 3 nitrogen and oxygen atoms in total. The monoisotopic (exact) mass is 378 g/mol. The van der Waals surface area contributed by atoms with Gasteiger partial charge in [-0.2, -0.15) is 0 Å². The normalized spacial score (nSPS) is 10.5. The Labute approximate surface area is 144 Å². The van der Waals surface area contributed by atoms with Crippen molar-refractivity contribution in [2.24, 2.45) is 0 Å². The first-order valence-corrected chi connectivity index (χ1v) is 8.90. The van der Waals surface area contributed by atoms with Crippen LogP contribution in [0.3, 0.4) is 0 Å². The number of nitrogens with one attached hydrogen (secondary N) is 1. The van der Waals surface area contributed by atoms with Gasteiger partial charge in [-0.3, -0.25) is 9.78 Å². The number of hydrogen-bond acceptors (Lipinski definition) is 3. The molecule has 0 radical (unpaired) electrons. The molecule has 1 amide bonds. The van der Waals surface area contributed by atoms with E-state index < -0.39 is 0 Å². The summed E-state index contributed by atoms with van der Waals surface area (Å²) in [5.41, 5.74) is 3.36. The van der Waals surface area contributed by atoms with Crippen molar-refractivity contribution in [2.75, 3.05) is 12.3 Å². The van der Waals surface area contributed by atoms with E-state index in [9.17, 15) is 4.79 Å². The standard InChI is InChI=1S/C17H19BrN2OS/c1-12-10-16(13(2)9-15(12)18)22-11-17(21)20-8-6-14-5-3-4-7-19-14/h3-5,7,9-10H,6,8,11H2,1-2H3,(H,20,21). The summed E-state index contributed by atoms with van der Waals surface area (Å²) >= 11 is 5.10. The van der Waals surface area contributed by atoms with Gasteiger partial charge in [0.25, 0.3) is 0 Å². The van der Waals surface area contributed by atoms with Crippen molar-refractivity contribution in [3.63, 3.8) is 0 Å². The van der Waals surface area contributed by atoms with Crippen molar-refractivity contribution >= 4 is 33.6 Å². The molecule has 2 aromatic rings. The molecule has 0 fully saturated rings. The van der Waals surface area contributed by atoms with Gasteiger partial charge in [-0.15, -0.1) is 11.8 Å². The van der Waals surface area contributed by atoms with Crippen molar-refractivity contribution in [1.29, 1.82) is 0 Å². The van der Waals surface area contributed by atoms with Gasteiger partial charge in [0.15, 0.2) is 0 Å². The average Bonchev–Trinajstić information content (AvgIpc) is 2.50. The second kappa shape index (κ2) is 8.34. The molecule has 0 atom stereocenters. The Morgan fingerprint density at radius 1 is 1.27 bits per heavy atom. The molecule has 0 saturated carbocycles. The number of carbonyl (C=O) groups is 1. The van der Waals surface area contributed by atoms with Gasteiger partial charge in [0.05, 0.1) is 5.75 Å². The van der Waals surface area contributed by atoms with E-state index in [2.05, 4.69) is 52.2 Å². The number of rotatable bonds is 6. The molecule has 0 aliphatic heterocycles. The van der Waals surface area contributed by atoms with E-state index in [-0.39, 0.29) is 5.91 Å². The molecule has 0 spiro atoms. The molecule has 5 heteroatoms. The van der Waals surface area contributed by atoms with Crippen LogP contribution in [-0.4, -0.2) is 23.2 Å². The summed E-state index contributed by atoms with van der Waals surface area (Å²) in [6, 6.07) is 10.0. The van der Waals surface area contributed by atoms with Gasteiger partial charge in [-0.25, -0.2) is 0 Å². The number of amides is 1. The lowest BCUT2D eigenvalue weighted by Gasteiger charge is -2.09. The maximum absolute atomic E-state index is 11.9. The summed E-state index contributed by atoms with van der Waals surface area (Å²) in [6.45, 7) is 4.74. The fourth-order valence-corrected chi connectivity index (χ4v) is 3.37. The number of pyridine rings is 1. The Balaban J connectivity index is 1.77. The zero-order chi connectivity index (χ0) is 15.9. The molecule has 0 saturated heterocycles. The van der Waals surface area contributed by atoms with E-state index in [0.717, 1.165) is 21.5 Å². The van der Waals surface area contributed by atoms with Crippen molar-refractivity contribution in [1.82, 2.24) is 10.3 Å². The topological polar surface area (TPSA) is 42.0 Å². The Kier molecular flexibility index (Phi) is 6.46. The number of thioether (sulfide) groups is 1. The first-order chi connectivity index (χ1) is 10.6. The summed E-state index contributed by atoms with van der Waals surface area (Å²) in [7, 11) is 0. The number of hydrogen-bond donors (Lipinski definition) is 1. The summed E-state index contributed by atoms with van der Waals surface area (Å²) in [5.74, 6) is 0.491. The maximum Gasteiger partial charge on any atom is 0.230 e. The van der Waals surface area contributed by atoms with Crippen molar-refractivity contribution in [2.45, 2.75) is 25.2 Å². The molecular formula is C17H19BrN2OS. The minimum absolute atomic E-state index is 0.0564. The van der Waals surface area contributed by atoms with Crippen molar-refractivity contribution in [3.05, 3.63) is 57.8 Å². The highest BCUT2D eigenvalue weighted by Gasteiger charge is 2.07. The van der Waals surface area contributed by atoms with E-state index >= 15 is 0 Å². The third kappa shape index (κ3) is 5.14. The summed E-state index contributed by atoms with van der Waals surface area (Å²) in [5, 5.41) is 2.94. The van der Waals surface area contributed by atoms with Crippen LogP contribution in [0.2, 0.25) is 0 Å². The molecular weight excluding hydrogens is 360 g/mol. The van der Waals surface area contributed by atoms with E-state index in [1.807, 2.05) is 18.2 Å². The van der Waals surface area contributed by atoms with Crippen LogP contribution in [0.1, 0.15) is 16.8 Å². The van der Waals surface area contributed by atoms with Crippen LogP contribution in [0.15, 0.2) is 45.9 Å². The van der Waals surface area contributed by atoms with Crippen LogP contribution in [0, 0.1) is 13.8 Å². The maximum atomic E-state index is 11.9. The molecule has 1 heterocycles. The van der Waals surface area contributed by atoms with E-state index in [1.165, 1.54) is 11.1 Å². The first kappa shape index (κ1) is 17.0. The second-order valence-electron chi connectivity index (χ2n) is 5.08. The SMILES string of the molecule is Cc1cc(SCC(=O)NCCc2ccccn2)c(C)cc1Br. The van der Waals surface area contributed by atoms with Crippen LogP contribution in [-0.2, 0) is 11.2 Å². The van der Waals surface area contributed by atoms with Gasteiger partial charge in [0.1, 0.15) is 0 Å². The fourth-order valence-electron chi connectivity index (χ4n) is 1.98. The van der Waals surface area contributed by atoms with Gasteiger partial charge in [0, 0.05) is 34.2 Å². The molecule has 2 rings (SSSR count). The zero-order valence-electron chi connectivity index (χ0n) is 12.7. The highest BCUT2D eigenvalue weighted by atomic mass is 79.9. The quantitative estimate of drug-likeness (QED) is 0.774. The van der Waals surface area contributed by atoms with Gasteiger partial charge in [0.2, 0.25) is 5.91 Å². The third-order valence-electron chi connectivity index (χ3n) is 3.24. The number of aromatic nitrogens is 1. The van der Waals surface area contributed by atoms with Gasteiger partial charge < -0.3 is 5.32 Å². The highest BCUT2D eigenvalue weighted by Crippen LogP contribution is 2.28. The Morgan fingerprint density at radius 2 is 2.09 bits per heavy atom. The number of aryl methyl sites for hydroxylation is 2. The molecule has 0 aliphatic rings. The summed E-state index contributed by atoms with van der Waals surface area (Å²) in [4.78, 5) is 17.3. The minimum atomic E-state index is 0.0564. The second-order valence-corrected chi connectivity index (χ2v) is 6.95. The molecule has 1 aromatic carbocycles. The molecule has 0 bridgehead atoms. The summed E-state index contributed by atoms with van der Waals surface area (Å²) < 4.78 is 1.11. The van der Waals surface area contributed by atoms with Gasteiger partial charge in [-0.05, 0) is 49.2 Å². The van der Waals surface area contributed by atoms with E-state index in [0.29, 0.717) is 12.3 Å². The number of halogens is 1. The van der Waals surface area contributed by atoms with Crippen LogP contribution < -0.4 is 5.32 Å². The lowest BCUT2D eigenvalue weighted by Crippen LogP contribution is -2.27. The van der Waals surface area contributed by atoms with Gasteiger partial charge in [-0.1, -0.05) is 22.0 Å². The molecule has 116 valence electrons. The Bertz CT molecular complexity index is 647. The first-order valence-electron chi connectivity index (χ1n) is 7.12. The smallest absolute Gasteiger partial charge is 0.230 e. The molecule has 22 heavy (non-hydrogen) atoms.